The van der Waals surface area contributed by atoms with Crippen LogP contribution < -0.4 is 5.32 Å². The molecule has 0 aliphatic carbocycles. The zero-order valence-electron chi connectivity index (χ0n) is 11.6. The molecule has 1 aliphatic rings. The van der Waals surface area contributed by atoms with Crippen LogP contribution in [0.1, 0.15) is 37.1 Å². The molecule has 2 rings (SSSR count). The second-order valence-corrected chi connectivity index (χ2v) is 8.41. The number of thiophene rings is 1. The highest BCUT2D eigenvalue weighted by molar-refractivity contribution is 9.13. The van der Waals surface area contributed by atoms with Gasteiger partial charge in [0.2, 0.25) is 0 Å². The van der Waals surface area contributed by atoms with E-state index in [0.717, 1.165) is 13.1 Å². The van der Waals surface area contributed by atoms with E-state index in [1.54, 1.807) is 0 Å². The normalized spacial score (nSPS) is 25.5. The molecule has 1 fully saturated rings. The Morgan fingerprint density at radius 3 is 2.79 bits per heavy atom. The van der Waals surface area contributed by atoms with Crippen molar-refractivity contribution in [3.05, 3.63) is 19.2 Å². The summed E-state index contributed by atoms with van der Waals surface area (Å²) in [6, 6.07) is 2.86. The number of hydrogen-bond donors (Lipinski definition) is 1. The van der Waals surface area contributed by atoms with Crippen LogP contribution in [-0.4, -0.2) is 31.6 Å². The smallest absolute Gasteiger partial charge is 0.0843 e. The molecule has 2 heterocycles. The molecular weight excluding hydrogens is 388 g/mol. The first-order valence-corrected chi connectivity index (χ1v) is 9.41. The number of likely N-dealkylation sites (tertiary alicyclic amines) is 1. The van der Waals surface area contributed by atoms with Gasteiger partial charge in [-0.05, 0) is 83.4 Å². The summed E-state index contributed by atoms with van der Waals surface area (Å²) in [5, 5.41) is 3.39. The highest BCUT2D eigenvalue weighted by Gasteiger charge is 2.31. The zero-order chi connectivity index (χ0) is 13.8. The first-order valence-electron chi connectivity index (χ1n) is 7.00. The van der Waals surface area contributed by atoms with Crippen LogP contribution in [0.15, 0.2) is 14.3 Å². The molecule has 1 saturated heterocycles. The maximum absolute atomic E-state index is 3.64. The van der Waals surface area contributed by atoms with Crippen molar-refractivity contribution in [2.45, 2.75) is 32.2 Å². The SMILES string of the molecule is CCN1CCCCC(CNC)C1c1cc(Br)c(Br)s1. The molecule has 0 spiro atoms. The van der Waals surface area contributed by atoms with Crippen molar-refractivity contribution in [1.29, 1.82) is 0 Å². The molecule has 0 radical (unpaired) electrons. The summed E-state index contributed by atoms with van der Waals surface area (Å²) in [7, 11) is 2.07. The average molecular weight is 410 g/mol. The minimum absolute atomic E-state index is 0.563. The van der Waals surface area contributed by atoms with E-state index in [1.807, 2.05) is 11.3 Å². The van der Waals surface area contributed by atoms with E-state index >= 15 is 0 Å². The van der Waals surface area contributed by atoms with Gasteiger partial charge < -0.3 is 5.32 Å². The molecule has 2 nitrogen and oxygen atoms in total. The number of nitrogens with one attached hydrogen (secondary N) is 1. The predicted octanol–water partition coefficient (Wildman–Crippen LogP) is 4.66. The standard InChI is InChI=1S/C14H22Br2N2S/c1-3-18-7-5-4-6-10(9-17-2)13(18)12-8-11(15)14(16)19-12/h8,10,13,17H,3-7,9H2,1-2H3. The minimum atomic E-state index is 0.563. The summed E-state index contributed by atoms with van der Waals surface area (Å²) in [6.45, 7) is 5.76. The van der Waals surface area contributed by atoms with Gasteiger partial charge in [0.1, 0.15) is 0 Å². The van der Waals surface area contributed by atoms with Crippen molar-refractivity contribution >= 4 is 43.2 Å². The number of hydrogen-bond acceptors (Lipinski definition) is 3. The summed E-state index contributed by atoms with van der Waals surface area (Å²) in [5.41, 5.74) is 0. The fourth-order valence-corrected chi connectivity index (χ4v) is 5.39. The molecule has 1 aromatic heterocycles. The summed E-state index contributed by atoms with van der Waals surface area (Å²) in [5.74, 6) is 0.713. The number of halogens is 2. The van der Waals surface area contributed by atoms with E-state index in [1.165, 1.54) is 38.9 Å². The van der Waals surface area contributed by atoms with Crippen LogP contribution in [-0.2, 0) is 0 Å². The lowest BCUT2D eigenvalue weighted by molar-refractivity contribution is 0.165. The molecule has 1 N–H and O–H groups in total. The van der Waals surface area contributed by atoms with Crippen LogP contribution in [0.2, 0.25) is 0 Å². The van der Waals surface area contributed by atoms with Crippen molar-refractivity contribution in [3.63, 3.8) is 0 Å². The molecule has 1 aliphatic heterocycles. The molecule has 0 saturated carbocycles. The van der Waals surface area contributed by atoms with Crippen molar-refractivity contribution in [2.75, 3.05) is 26.7 Å². The fraction of sp³-hybridized carbons (Fsp3) is 0.714. The lowest BCUT2D eigenvalue weighted by atomic mass is 9.93. The molecule has 0 aromatic carbocycles. The molecule has 1 aromatic rings. The molecule has 19 heavy (non-hydrogen) atoms. The molecule has 0 amide bonds. The van der Waals surface area contributed by atoms with Gasteiger partial charge in [-0.2, -0.15) is 0 Å². The van der Waals surface area contributed by atoms with Crippen LogP contribution in [0.25, 0.3) is 0 Å². The van der Waals surface area contributed by atoms with Gasteiger partial charge in [0.15, 0.2) is 0 Å². The topological polar surface area (TPSA) is 15.3 Å². The lowest BCUT2D eigenvalue weighted by Crippen LogP contribution is -2.35. The van der Waals surface area contributed by atoms with Gasteiger partial charge in [-0.1, -0.05) is 13.3 Å². The molecular formula is C14H22Br2N2S. The van der Waals surface area contributed by atoms with Crippen molar-refractivity contribution < 1.29 is 0 Å². The Hall–Kier alpha value is 0.580. The largest absolute Gasteiger partial charge is 0.319 e. The van der Waals surface area contributed by atoms with Gasteiger partial charge in [-0.25, -0.2) is 0 Å². The first-order chi connectivity index (χ1) is 9.17. The van der Waals surface area contributed by atoms with E-state index in [4.69, 9.17) is 0 Å². The molecule has 2 unspecified atom stereocenters. The van der Waals surface area contributed by atoms with Crippen LogP contribution in [0.5, 0.6) is 0 Å². The maximum Gasteiger partial charge on any atom is 0.0843 e. The Balaban J connectivity index is 2.31. The maximum atomic E-state index is 3.64. The molecule has 5 heteroatoms. The first kappa shape index (κ1) is 16.0. The lowest BCUT2D eigenvalue weighted by Gasteiger charge is -2.33. The van der Waals surface area contributed by atoms with Gasteiger partial charge in [-0.15, -0.1) is 11.3 Å². The van der Waals surface area contributed by atoms with Crippen LogP contribution in [0.4, 0.5) is 0 Å². The highest BCUT2D eigenvalue weighted by Crippen LogP contribution is 2.42. The van der Waals surface area contributed by atoms with Crippen molar-refractivity contribution in [2.24, 2.45) is 5.92 Å². The average Bonchev–Trinajstić information content (AvgIpc) is 2.62. The second-order valence-electron chi connectivity index (χ2n) is 5.16. The third-order valence-corrected chi connectivity index (χ3v) is 7.27. The predicted molar refractivity (Wildman–Crippen MR) is 91.0 cm³/mol. The quantitative estimate of drug-likeness (QED) is 0.777. The van der Waals surface area contributed by atoms with Gasteiger partial charge in [0.05, 0.1) is 3.79 Å². The number of nitrogens with zero attached hydrogens (tertiary/aromatic N) is 1. The fourth-order valence-electron chi connectivity index (χ4n) is 3.07. The highest BCUT2D eigenvalue weighted by atomic mass is 79.9. The molecule has 108 valence electrons. The van der Waals surface area contributed by atoms with Gasteiger partial charge in [-0.3, -0.25) is 4.90 Å². The van der Waals surface area contributed by atoms with Gasteiger partial charge in [0, 0.05) is 15.4 Å². The Morgan fingerprint density at radius 1 is 1.42 bits per heavy atom. The summed E-state index contributed by atoms with van der Waals surface area (Å²) >= 11 is 9.15. The number of rotatable bonds is 4. The molecule has 2 atom stereocenters. The summed E-state index contributed by atoms with van der Waals surface area (Å²) in [6.07, 6.45) is 4.01. The van der Waals surface area contributed by atoms with Crippen molar-refractivity contribution in [3.8, 4) is 0 Å². The van der Waals surface area contributed by atoms with Gasteiger partial charge >= 0.3 is 0 Å². The summed E-state index contributed by atoms with van der Waals surface area (Å²) < 4.78 is 2.40. The minimum Gasteiger partial charge on any atom is -0.319 e. The van der Waals surface area contributed by atoms with Crippen LogP contribution in [0, 0.1) is 5.92 Å². The van der Waals surface area contributed by atoms with Gasteiger partial charge in [0.25, 0.3) is 0 Å². The second kappa shape index (κ2) is 7.55. The van der Waals surface area contributed by atoms with E-state index < -0.39 is 0 Å². The Kier molecular flexibility index (Phi) is 6.34. The molecule has 0 bridgehead atoms. The third kappa shape index (κ3) is 3.82. The van der Waals surface area contributed by atoms with E-state index in [-0.39, 0.29) is 0 Å². The van der Waals surface area contributed by atoms with E-state index in [9.17, 15) is 0 Å². The Labute approximate surface area is 137 Å². The Morgan fingerprint density at radius 2 is 2.21 bits per heavy atom. The monoisotopic (exact) mass is 408 g/mol. The Bertz CT molecular complexity index is 389. The van der Waals surface area contributed by atoms with Crippen LogP contribution >= 0.6 is 43.2 Å². The van der Waals surface area contributed by atoms with E-state index in [0.29, 0.717) is 12.0 Å². The van der Waals surface area contributed by atoms with E-state index in [2.05, 4.69) is 62.1 Å². The third-order valence-electron chi connectivity index (χ3n) is 3.94. The zero-order valence-corrected chi connectivity index (χ0v) is 15.6. The van der Waals surface area contributed by atoms with Crippen LogP contribution in [0.3, 0.4) is 0 Å². The summed E-state index contributed by atoms with van der Waals surface area (Å²) in [4.78, 5) is 4.14. The van der Waals surface area contributed by atoms with Crippen molar-refractivity contribution in [1.82, 2.24) is 10.2 Å².